The Morgan fingerprint density at radius 3 is 2.95 bits per heavy atom. The van der Waals surface area contributed by atoms with Crippen molar-refractivity contribution in [3.05, 3.63) is 11.3 Å². The minimum Gasteiger partial charge on any atom is -0.392 e. The minimum atomic E-state index is -0.331. The van der Waals surface area contributed by atoms with Crippen molar-refractivity contribution >= 4 is 22.4 Å². The van der Waals surface area contributed by atoms with Crippen LogP contribution in [-0.2, 0) is 0 Å². The first-order valence-electron chi connectivity index (χ1n) is 7.08. The zero-order chi connectivity index (χ0) is 14.8. The molecule has 2 atom stereocenters. The molecule has 1 aromatic heterocycles. The van der Waals surface area contributed by atoms with Crippen LogP contribution >= 0.6 is 11.5 Å². The van der Waals surface area contributed by atoms with Crippen LogP contribution in [0.2, 0.25) is 0 Å². The molecule has 0 bridgehead atoms. The van der Waals surface area contributed by atoms with E-state index in [0.29, 0.717) is 12.1 Å². The molecule has 0 saturated heterocycles. The average Bonchev–Trinajstić information content (AvgIpc) is 2.81. The lowest BCUT2D eigenvalue weighted by Gasteiger charge is -2.38. The minimum absolute atomic E-state index is 0.111. The Labute approximate surface area is 123 Å². The summed E-state index contributed by atoms with van der Waals surface area (Å²) in [5.74, 6) is -0.111. The molecule has 0 spiro atoms. The fourth-order valence-electron chi connectivity index (χ4n) is 2.77. The maximum atomic E-state index is 12.3. The Morgan fingerprint density at radius 1 is 1.55 bits per heavy atom. The summed E-state index contributed by atoms with van der Waals surface area (Å²) in [5, 5.41) is 16.9. The topological polar surface area (TPSA) is 74.2 Å². The third-order valence-corrected chi connectivity index (χ3v) is 5.21. The molecular formula is C14H23N3O2S. The number of hydrogen-bond donors (Lipinski definition) is 3. The van der Waals surface area contributed by atoms with Gasteiger partial charge in [-0.1, -0.05) is 19.8 Å². The van der Waals surface area contributed by atoms with E-state index in [9.17, 15) is 9.90 Å². The molecule has 0 radical (unpaired) electrons. The third kappa shape index (κ3) is 2.96. The van der Waals surface area contributed by atoms with Crippen LogP contribution in [0.4, 0.5) is 5.00 Å². The molecule has 1 aliphatic carbocycles. The fraction of sp³-hybridized carbons (Fsp3) is 0.714. The van der Waals surface area contributed by atoms with E-state index < -0.39 is 0 Å². The number of anilines is 1. The SMILES string of the molecule is CNc1snc(C)c1C(=O)NCC1(C)CCCCC1O. The van der Waals surface area contributed by atoms with Crippen molar-refractivity contribution in [1.29, 1.82) is 0 Å². The van der Waals surface area contributed by atoms with Gasteiger partial charge in [0.2, 0.25) is 0 Å². The molecular weight excluding hydrogens is 274 g/mol. The van der Waals surface area contributed by atoms with Crippen molar-refractivity contribution in [2.75, 3.05) is 18.9 Å². The molecule has 112 valence electrons. The largest absolute Gasteiger partial charge is 0.392 e. The number of hydrogen-bond acceptors (Lipinski definition) is 5. The van der Waals surface area contributed by atoms with Gasteiger partial charge < -0.3 is 15.7 Å². The van der Waals surface area contributed by atoms with E-state index in [1.165, 1.54) is 11.5 Å². The first-order valence-corrected chi connectivity index (χ1v) is 7.85. The number of nitrogens with one attached hydrogen (secondary N) is 2. The van der Waals surface area contributed by atoms with Crippen LogP contribution in [0.1, 0.15) is 48.7 Å². The van der Waals surface area contributed by atoms with Crippen molar-refractivity contribution in [2.45, 2.75) is 45.6 Å². The number of aryl methyl sites for hydroxylation is 1. The molecule has 6 heteroatoms. The molecule has 3 N–H and O–H groups in total. The number of aromatic nitrogens is 1. The zero-order valence-corrected chi connectivity index (χ0v) is 13.1. The summed E-state index contributed by atoms with van der Waals surface area (Å²) in [7, 11) is 1.79. The highest BCUT2D eigenvalue weighted by molar-refractivity contribution is 7.10. The van der Waals surface area contributed by atoms with Gasteiger partial charge in [-0.05, 0) is 31.3 Å². The number of rotatable bonds is 4. The van der Waals surface area contributed by atoms with Crippen molar-refractivity contribution in [1.82, 2.24) is 9.69 Å². The molecule has 1 aliphatic rings. The highest BCUT2D eigenvalue weighted by Gasteiger charge is 2.35. The number of nitrogens with zero attached hydrogens (tertiary/aromatic N) is 1. The average molecular weight is 297 g/mol. The molecule has 0 aliphatic heterocycles. The van der Waals surface area contributed by atoms with Crippen molar-refractivity contribution in [2.24, 2.45) is 5.41 Å². The van der Waals surface area contributed by atoms with Gasteiger partial charge in [0, 0.05) is 19.0 Å². The van der Waals surface area contributed by atoms with E-state index >= 15 is 0 Å². The second-order valence-corrected chi connectivity index (χ2v) is 6.59. The van der Waals surface area contributed by atoms with Crippen LogP contribution < -0.4 is 10.6 Å². The van der Waals surface area contributed by atoms with E-state index in [4.69, 9.17) is 0 Å². The van der Waals surface area contributed by atoms with E-state index in [1.807, 2.05) is 6.92 Å². The smallest absolute Gasteiger partial charge is 0.256 e. The van der Waals surface area contributed by atoms with Crippen molar-refractivity contribution in [3.63, 3.8) is 0 Å². The summed E-state index contributed by atoms with van der Waals surface area (Å²) in [4.78, 5) is 12.3. The lowest BCUT2D eigenvalue weighted by Crippen LogP contribution is -2.45. The predicted octanol–water partition coefficient (Wildman–Crippen LogP) is 2.16. The number of amides is 1. The van der Waals surface area contributed by atoms with Gasteiger partial charge in [0.25, 0.3) is 5.91 Å². The van der Waals surface area contributed by atoms with Crippen molar-refractivity contribution in [3.8, 4) is 0 Å². The molecule has 1 fully saturated rings. The highest BCUT2D eigenvalue weighted by Crippen LogP contribution is 2.35. The summed E-state index contributed by atoms with van der Waals surface area (Å²) < 4.78 is 4.20. The Hall–Kier alpha value is -1.14. The molecule has 1 amide bonds. The van der Waals surface area contributed by atoms with Gasteiger partial charge in [-0.2, -0.15) is 4.37 Å². The fourth-order valence-corrected chi connectivity index (χ4v) is 3.51. The van der Waals surface area contributed by atoms with Crippen LogP contribution in [0.3, 0.4) is 0 Å². The van der Waals surface area contributed by atoms with Gasteiger partial charge >= 0.3 is 0 Å². The standard InChI is InChI=1S/C14H23N3O2S/c1-9-11(13(15-3)20-17-9)12(19)16-8-14(2)7-5-4-6-10(14)18/h10,15,18H,4-8H2,1-3H3,(H,16,19). The Balaban J connectivity index is 2.03. The number of carbonyl (C=O) groups excluding carboxylic acids is 1. The molecule has 2 unspecified atom stereocenters. The molecule has 1 saturated carbocycles. The number of aliphatic hydroxyl groups is 1. The zero-order valence-electron chi connectivity index (χ0n) is 12.3. The summed E-state index contributed by atoms with van der Waals surface area (Å²) in [5.41, 5.74) is 1.14. The van der Waals surface area contributed by atoms with Crippen LogP contribution in [0.25, 0.3) is 0 Å². The van der Waals surface area contributed by atoms with Crippen LogP contribution in [0, 0.1) is 12.3 Å². The van der Waals surface area contributed by atoms with Crippen LogP contribution in [0.15, 0.2) is 0 Å². The second kappa shape index (κ2) is 6.10. The molecule has 1 heterocycles. The van der Waals surface area contributed by atoms with E-state index in [0.717, 1.165) is 36.4 Å². The Morgan fingerprint density at radius 2 is 2.30 bits per heavy atom. The Bertz CT molecular complexity index is 489. The van der Waals surface area contributed by atoms with Crippen LogP contribution in [0.5, 0.6) is 0 Å². The first-order chi connectivity index (χ1) is 9.48. The molecule has 20 heavy (non-hydrogen) atoms. The van der Waals surface area contributed by atoms with Gasteiger partial charge in [0.1, 0.15) is 5.00 Å². The van der Waals surface area contributed by atoms with E-state index in [2.05, 4.69) is 21.9 Å². The molecule has 2 rings (SSSR count). The monoisotopic (exact) mass is 297 g/mol. The lowest BCUT2D eigenvalue weighted by molar-refractivity contribution is 0.00191. The maximum absolute atomic E-state index is 12.3. The number of carbonyl (C=O) groups is 1. The molecule has 5 nitrogen and oxygen atoms in total. The van der Waals surface area contributed by atoms with E-state index in [1.54, 1.807) is 7.05 Å². The van der Waals surface area contributed by atoms with Crippen LogP contribution in [-0.4, -0.2) is 35.1 Å². The van der Waals surface area contributed by atoms with E-state index in [-0.39, 0.29) is 17.4 Å². The van der Waals surface area contributed by atoms with Gasteiger partial charge in [0.05, 0.1) is 17.4 Å². The van der Waals surface area contributed by atoms with Gasteiger partial charge in [0.15, 0.2) is 0 Å². The molecule has 1 aromatic rings. The highest BCUT2D eigenvalue weighted by atomic mass is 32.1. The first kappa shape index (κ1) is 15.3. The summed E-state index contributed by atoms with van der Waals surface area (Å²) >= 11 is 1.29. The normalized spacial score (nSPS) is 26.3. The summed E-state index contributed by atoms with van der Waals surface area (Å²) in [6.07, 6.45) is 3.63. The summed E-state index contributed by atoms with van der Waals surface area (Å²) in [6, 6.07) is 0. The van der Waals surface area contributed by atoms with Crippen molar-refractivity contribution < 1.29 is 9.90 Å². The summed E-state index contributed by atoms with van der Waals surface area (Å²) in [6.45, 7) is 4.39. The second-order valence-electron chi connectivity index (χ2n) is 5.82. The number of aliphatic hydroxyl groups excluding tert-OH is 1. The Kier molecular flexibility index (Phi) is 4.65. The van der Waals surface area contributed by atoms with Gasteiger partial charge in [-0.3, -0.25) is 4.79 Å². The van der Waals surface area contributed by atoms with Gasteiger partial charge in [-0.15, -0.1) is 0 Å². The molecule has 0 aromatic carbocycles. The lowest BCUT2D eigenvalue weighted by atomic mass is 9.73. The van der Waals surface area contributed by atoms with Gasteiger partial charge in [-0.25, -0.2) is 0 Å². The third-order valence-electron chi connectivity index (χ3n) is 4.25. The predicted molar refractivity (Wildman–Crippen MR) is 81.3 cm³/mol. The quantitative estimate of drug-likeness (QED) is 0.796. The maximum Gasteiger partial charge on any atom is 0.256 e.